The van der Waals surface area contributed by atoms with Crippen LogP contribution in [0.5, 0.6) is 0 Å². The van der Waals surface area contributed by atoms with E-state index in [0.29, 0.717) is 17.6 Å². The first-order valence-electron chi connectivity index (χ1n) is 5.55. The van der Waals surface area contributed by atoms with Crippen LogP contribution in [0.15, 0.2) is 12.3 Å². The lowest BCUT2D eigenvalue weighted by Gasteiger charge is -2.18. The summed E-state index contributed by atoms with van der Waals surface area (Å²) in [6.45, 7) is 0. The highest BCUT2D eigenvalue weighted by atomic mass is 16.1. The second kappa shape index (κ2) is 3.76. The molecule has 2 rings (SSSR count). The zero-order chi connectivity index (χ0) is 10.1. The highest BCUT2D eigenvalue weighted by Gasteiger charge is 2.41. The average molecular weight is 193 g/mol. The van der Waals surface area contributed by atoms with Crippen molar-refractivity contribution < 1.29 is 4.79 Å². The largest absolute Gasteiger partial charge is 0.383 e. The molecule has 14 heavy (non-hydrogen) atoms. The number of rotatable bonds is 3. The Morgan fingerprint density at radius 3 is 2.57 bits per heavy atom. The molecule has 0 aromatic heterocycles. The minimum absolute atomic E-state index is 0.352. The predicted octanol–water partition coefficient (Wildman–Crippen LogP) is 2.07. The predicted molar refractivity (Wildman–Crippen MR) is 56.8 cm³/mol. The van der Waals surface area contributed by atoms with Crippen LogP contribution in [0, 0.1) is 17.8 Å². The first-order valence-corrected chi connectivity index (χ1v) is 5.55. The Morgan fingerprint density at radius 2 is 2.07 bits per heavy atom. The van der Waals surface area contributed by atoms with E-state index in [2.05, 4.69) is 0 Å². The van der Waals surface area contributed by atoms with Crippen molar-refractivity contribution in [2.24, 2.45) is 17.8 Å². The Morgan fingerprint density at radius 1 is 1.29 bits per heavy atom. The van der Waals surface area contributed by atoms with Gasteiger partial charge in [0.25, 0.3) is 0 Å². The third-order valence-corrected chi connectivity index (χ3v) is 3.64. The first-order chi connectivity index (χ1) is 6.66. The summed E-state index contributed by atoms with van der Waals surface area (Å²) in [5, 5.41) is 0. The summed E-state index contributed by atoms with van der Waals surface area (Å²) in [4.78, 5) is 13.7. The van der Waals surface area contributed by atoms with Crippen LogP contribution in [0.25, 0.3) is 0 Å². The van der Waals surface area contributed by atoms with Gasteiger partial charge in [0.2, 0.25) is 0 Å². The van der Waals surface area contributed by atoms with Crippen LogP contribution in [-0.2, 0) is 4.79 Å². The molecule has 2 bridgehead atoms. The normalized spacial score (nSPS) is 35.4. The highest BCUT2D eigenvalue weighted by molar-refractivity contribution is 5.92. The second-order valence-corrected chi connectivity index (χ2v) is 4.96. The summed E-state index contributed by atoms with van der Waals surface area (Å²) in [6, 6.07) is 0. The molecule has 2 nitrogen and oxygen atoms in total. The molecule has 0 amide bonds. The molecule has 2 aliphatic carbocycles. The number of carbonyl (C=O) groups is 1. The molecule has 2 fully saturated rings. The minimum Gasteiger partial charge on any atom is -0.383 e. The summed E-state index contributed by atoms with van der Waals surface area (Å²) in [5.41, 5.74) is 0. The molecule has 0 N–H and O–H groups in total. The number of hydrogen-bond acceptors (Lipinski definition) is 2. The van der Waals surface area contributed by atoms with Crippen LogP contribution >= 0.6 is 0 Å². The van der Waals surface area contributed by atoms with E-state index >= 15 is 0 Å². The SMILES string of the molecule is CN(C)/C=C/C(=O)C1CC2CCC1C2. The van der Waals surface area contributed by atoms with Gasteiger partial charge in [-0.25, -0.2) is 0 Å². The van der Waals surface area contributed by atoms with Gasteiger partial charge in [0, 0.05) is 26.2 Å². The van der Waals surface area contributed by atoms with E-state index in [9.17, 15) is 4.79 Å². The fraction of sp³-hybridized carbons (Fsp3) is 0.750. The van der Waals surface area contributed by atoms with E-state index in [1.807, 2.05) is 25.2 Å². The van der Waals surface area contributed by atoms with Crippen LogP contribution in [0.2, 0.25) is 0 Å². The molecule has 0 heterocycles. The molecular formula is C12H19NO. The van der Waals surface area contributed by atoms with Crippen molar-refractivity contribution in [2.45, 2.75) is 25.7 Å². The van der Waals surface area contributed by atoms with E-state index in [0.717, 1.165) is 12.3 Å². The highest BCUT2D eigenvalue weighted by Crippen LogP contribution is 2.48. The zero-order valence-corrected chi connectivity index (χ0v) is 9.07. The van der Waals surface area contributed by atoms with Crippen LogP contribution in [0.1, 0.15) is 25.7 Å². The number of nitrogens with zero attached hydrogens (tertiary/aromatic N) is 1. The van der Waals surface area contributed by atoms with Gasteiger partial charge in [-0.2, -0.15) is 0 Å². The van der Waals surface area contributed by atoms with E-state index in [4.69, 9.17) is 0 Å². The van der Waals surface area contributed by atoms with Gasteiger partial charge in [0.15, 0.2) is 5.78 Å². The maximum atomic E-state index is 11.8. The van der Waals surface area contributed by atoms with Crippen molar-refractivity contribution in [1.82, 2.24) is 4.90 Å². The topological polar surface area (TPSA) is 20.3 Å². The maximum absolute atomic E-state index is 11.8. The van der Waals surface area contributed by atoms with E-state index in [-0.39, 0.29) is 0 Å². The number of hydrogen-bond donors (Lipinski definition) is 0. The van der Waals surface area contributed by atoms with Crippen LogP contribution in [0.3, 0.4) is 0 Å². The van der Waals surface area contributed by atoms with E-state index in [1.54, 1.807) is 6.08 Å². The number of fused-ring (bicyclic) bond motifs is 2. The van der Waals surface area contributed by atoms with Gasteiger partial charge in [-0.15, -0.1) is 0 Å². The van der Waals surface area contributed by atoms with Crippen molar-refractivity contribution in [1.29, 1.82) is 0 Å². The zero-order valence-electron chi connectivity index (χ0n) is 9.07. The summed E-state index contributed by atoms with van der Waals surface area (Å²) in [6.07, 6.45) is 8.75. The quantitative estimate of drug-likeness (QED) is 0.639. The Balaban J connectivity index is 1.93. The summed E-state index contributed by atoms with van der Waals surface area (Å²) >= 11 is 0. The summed E-state index contributed by atoms with van der Waals surface area (Å²) < 4.78 is 0. The molecule has 0 spiro atoms. The molecule has 0 aromatic carbocycles. The van der Waals surface area contributed by atoms with Gasteiger partial charge < -0.3 is 4.90 Å². The molecule has 0 radical (unpaired) electrons. The van der Waals surface area contributed by atoms with Crippen LogP contribution in [0.4, 0.5) is 0 Å². The molecule has 2 saturated carbocycles. The Labute approximate surface area is 86.0 Å². The lowest BCUT2D eigenvalue weighted by molar-refractivity contribution is -0.119. The molecular weight excluding hydrogens is 174 g/mol. The Kier molecular flexibility index (Phi) is 2.62. The molecule has 3 unspecified atom stereocenters. The van der Waals surface area contributed by atoms with Crippen LogP contribution < -0.4 is 0 Å². The molecule has 2 heteroatoms. The van der Waals surface area contributed by atoms with Gasteiger partial charge in [0.1, 0.15) is 0 Å². The van der Waals surface area contributed by atoms with Gasteiger partial charge in [-0.1, -0.05) is 6.42 Å². The molecule has 0 aromatic rings. The van der Waals surface area contributed by atoms with Crippen molar-refractivity contribution in [3.63, 3.8) is 0 Å². The monoisotopic (exact) mass is 193 g/mol. The summed E-state index contributed by atoms with van der Waals surface area (Å²) in [7, 11) is 3.90. The van der Waals surface area contributed by atoms with Gasteiger partial charge >= 0.3 is 0 Å². The molecule has 3 atom stereocenters. The fourth-order valence-corrected chi connectivity index (χ4v) is 2.94. The standard InChI is InChI=1S/C12H19NO/c1-13(2)6-5-12(14)11-8-9-3-4-10(11)7-9/h5-6,9-11H,3-4,7-8H2,1-2H3/b6-5+. The first kappa shape index (κ1) is 9.75. The van der Waals surface area contributed by atoms with E-state index < -0.39 is 0 Å². The Hall–Kier alpha value is -0.790. The third kappa shape index (κ3) is 1.84. The lowest BCUT2D eigenvalue weighted by atomic mass is 9.86. The second-order valence-electron chi connectivity index (χ2n) is 4.96. The minimum atomic E-state index is 0.352. The number of ketones is 1. The van der Waals surface area contributed by atoms with Crippen molar-refractivity contribution in [2.75, 3.05) is 14.1 Å². The molecule has 78 valence electrons. The van der Waals surface area contributed by atoms with Crippen molar-refractivity contribution >= 4 is 5.78 Å². The lowest BCUT2D eigenvalue weighted by Crippen LogP contribution is -2.19. The molecule has 0 saturated heterocycles. The van der Waals surface area contributed by atoms with Crippen LogP contribution in [-0.4, -0.2) is 24.8 Å². The Bertz CT molecular complexity index is 257. The van der Waals surface area contributed by atoms with Crippen molar-refractivity contribution in [3.05, 3.63) is 12.3 Å². The average Bonchev–Trinajstić information content (AvgIpc) is 2.74. The van der Waals surface area contributed by atoms with Crippen molar-refractivity contribution in [3.8, 4) is 0 Å². The fourth-order valence-electron chi connectivity index (χ4n) is 2.94. The summed E-state index contributed by atoms with van der Waals surface area (Å²) in [5.74, 6) is 2.27. The van der Waals surface area contributed by atoms with Gasteiger partial charge in [-0.05, 0) is 37.2 Å². The van der Waals surface area contributed by atoms with Gasteiger partial charge in [-0.3, -0.25) is 4.79 Å². The smallest absolute Gasteiger partial charge is 0.160 e. The number of carbonyl (C=O) groups excluding carboxylic acids is 1. The van der Waals surface area contributed by atoms with Gasteiger partial charge in [0.05, 0.1) is 0 Å². The maximum Gasteiger partial charge on any atom is 0.160 e. The molecule has 2 aliphatic rings. The molecule has 0 aliphatic heterocycles. The van der Waals surface area contributed by atoms with E-state index in [1.165, 1.54) is 19.3 Å². The third-order valence-electron chi connectivity index (χ3n) is 3.64. The number of allylic oxidation sites excluding steroid dienone is 1.